The number of hydrogen-bond donors (Lipinski definition) is 0. The van der Waals surface area contributed by atoms with Gasteiger partial charge in [0, 0.05) is 31.5 Å². The highest BCUT2D eigenvalue weighted by Gasteiger charge is 2.19. The lowest BCUT2D eigenvalue weighted by Gasteiger charge is -2.27. The molecule has 0 saturated carbocycles. The minimum atomic E-state index is 1.12. The summed E-state index contributed by atoms with van der Waals surface area (Å²) in [7, 11) is 0. The highest BCUT2D eigenvalue weighted by molar-refractivity contribution is 7.26. The zero-order valence-corrected chi connectivity index (χ0v) is 29.2. The Bertz CT molecular complexity index is 2890. The van der Waals surface area contributed by atoms with E-state index in [1.165, 1.54) is 80.8 Å². The molecule has 0 aliphatic heterocycles. The summed E-state index contributed by atoms with van der Waals surface area (Å²) in [4.78, 5) is 2.43. The van der Waals surface area contributed by atoms with Gasteiger partial charge in [-0.2, -0.15) is 0 Å². The molecule has 0 unspecified atom stereocenters. The summed E-state index contributed by atoms with van der Waals surface area (Å²) in [6.07, 6.45) is 0. The van der Waals surface area contributed by atoms with Crippen molar-refractivity contribution in [3.05, 3.63) is 200 Å². The van der Waals surface area contributed by atoms with Crippen molar-refractivity contribution in [2.24, 2.45) is 0 Å². The van der Waals surface area contributed by atoms with Crippen molar-refractivity contribution in [3.63, 3.8) is 0 Å². The van der Waals surface area contributed by atoms with Crippen LogP contribution in [0.3, 0.4) is 0 Å². The number of rotatable bonds is 6. The van der Waals surface area contributed by atoms with Crippen molar-refractivity contribution in [3.8, 4) is 33.4 Å². The lowest BCUT2D eigenvalue weighted by Crippen LogP contribution is -2.10. The van der Waals surface area contributed by atoms with Crippen molar-refractivity contribution in [1.82, 2.24) is 0 Å². The van der Waals surface area contributed by atoms with Crippen LogP contribution in [0.5, 0.6) is 0 Å². The summed E-state index contributed by atoms with van der Waals surface area (Å²) in [6, 6.07) is 73.0. The fourth-order valence-electron chi connectivity index (χ4n) is 7.57. The van der Waals surface area contributed by atoms with E-state index in [1.54, 1.807) is 0 Å². The molecular formula is C50H33NS. The maximum Gasteiger partial charge on any atom is 0.0554 e. The number of nitrogens with zero attached hydrogens (tertiary/aromatic N) is 1. The number of hydrogen-bond acceptors (Lipinski definition) is 2. The van der Waals surface area contributed by atoms with Gasteiger partial charge in [0.15, 0.2) is 0 Å². The van der Waals surface area contributed by atoms with Gasteiger partial charge >= 0.3 is 0 Å². The van der Waals surface area contributed by atoms with Crippen LogP contribution in [0.4, 0.5) is 17.1 Å². The zero-order chi connectivity index (χ0) is 34.4. The first-order chi connectivity index (χ1) is 25.7. The first-order valence-corrected chi connectivity index (χ1v) is 18.6. The fraction of sp³-hybridized carbons (Fsp3) is 0. The smallest absolute Gasteiger partial charge is 0.0554 e. The third-order valence-electron chi connectivity index (χ3n) is 10.2. The third kappa shape index (κ3) is 5.42. The molecule has 9 aromatic carbocycles. The van der Waals surface area contributed by atoms with E-state index in [4.69, 9.17) is 0 Å². The molecule has 0 N–H and O–H groups in total. The van der Waals surface area contributed by atoms with Gasteiger partial charge in [-0.1, -0.05) is 152 Å². The Morgan fingerprint density at radius 3 is 1.56 bits per heavy atom. The van der Waals surface area contributed by atoms with E-state index < -0.39 is 0 Å². The maximum atomic E-state index is 2.43. The Morgan fingerprint density at radius 1 is 0.308 bits per heavy atom. The first-order valence-electron chi connectivity index (χ1n) is 17.7. The van der Waals surface area contributed by atoms with Gasteiger partial charge in [-0.3, -0.25) is 0 Å². The van der Waals surface area contributed by atoms with E-state index in [-0.39, 0.29) is 0 Å². The molecule has 0 atom stereocenters. The minimum absolute atomic E-state index is 1.12. The van der Waals surface area contributed by atoms with Crippen molar-refractivity contribution >= 4 is 70.1 Å². The molecule has 244 valence electrons. The average Bonchev–Trinajstić information content (AvgIpc) is 3.60. The van der Waals surface area contributed by atoms with Crippen LogP contribution >= 0.6 is 11.3 Å². The molecule has 0 fully saturated rings. The molecule has 0 bridgehead atoms. The summed E-state index contributed by atoms with van der Waals surface area (Å²) < 4.78 is 2.58. The standard InChI is InChI=1S/C50H33NS/c1-2-9-34(10-3-1)43-26-30-46-49(33-43)52-48-16-8-15-47(50(46)48)51(45-29-25-36-12-5-7-14-41(36)32-45)44-27-23-38(24-28-44)37-17-19-39(20-18-37)42-22-21-35-11-4-6-13-40(35)31-42/h1-33H. The second-order valence-corrected chi connectivity index (χ2v) is 14.5. The summed E-state index contributed by atoms with van der Waals surface area (Å²) >= 11 is 1.87. The van der Waals surface area contributed by atoms with Gasteiger partial charge in [-0.25, -0.2) is 0 Å². The van der Waals surface area contributed by atoms with Gasteiger partial charge < -0.3 is 4.90 Å². The largest absolute Gasteiger partial charge is 0.310 e. The molecule has 1 heterocycles. The van der Waals surface area contributed by atoms with Crippen LogP contribution in [0, 0.1) is 0 Å². The van der Waals surface area contributed by atoms with Crippen molar-refractivity contribution in [2.45, 2.75) is 0 Å². The Labute approximate surface area is 307 Å². The molecule has 10 rings (SSSR count). The molecule has 52 heavy (non-hydrogen) atoms. The predicted molar refractivity (Wildman–Crippen MR) is 225 cm³/mol. The molecule has 0 radical (unpaired) electrons. The monoisotopic (exact) mass is 679 g/mol. The van der Waals surface area contributed by atoms with Gasteiger partial charge in [-0.05, 0) is 103 Å². The summed E-state index contributed by atoms with van der Waals surface area (Å²) in [6.45, 7) is 0. The normalized spacial score (nSPS) is 11.5. The summed E-state index contributed by atoms with van der Waals surface area (Å²) in [5.41, 5.74) is 10.8. The van der Waals surface area contributed by atoms with Crippen LogP contribution in [0.1, 0.15) is 0 Å². The lowest BCUT2D eigenvalue weighted by molar-refractivity contribution is 1.31. The Hall–Kier alpha value is -6.48. The van der Waals surface area contributed by atoms with Gasteiger partial charge in [0.1, 0.15) is 0 Å². The average molecular weight is 680 g/mol. The quantitative estimate of drug-likeness (QED) is 0.169. The van der Waals surface area contributed by atoms with Crippen LogP contribution in [-0.2, 0) is 0 Å². The molecule has 0 aliphatic rings. The van der Waals surface area contributed by atoms with E-state index in [1.807, 2.05) is 11.3 Å². The summed E-state index contributed by atoms with van der Waals surface area (Å²) in [5, 5.41) is 7.55. The van der Waals surface area contributed by atoms with Crippen LogP contribution < -0.4 is 4.90 Å². The second-order valence-electron chi connectivity index (χ2n) is 13.4. The number of thiophene rings is 1. The van der Waals surface area contributed by atoms with Crippen molar-refractivity contribution < 1.29 is 0 Å². The zero-order valence-electron chi connectivity index (χ0n) is 28.4. The van der Waals surface area contributed by atoms with E-state index in [2.05, 4.69) is 205 Å². The fourth-order valence-corrected chi connectivity index (χ4v) is 8.74. The number of benzene rings is 9. The minimum Gasteiger partial charge on any atom is -0.310 e. The van der Waals surface area contributed by atoms with E-state index in [0.29, 0.717) is 0 Å². The third-order valence-corrected chi connectivity index (χ3v) is 11.4. The highest BCUT2D eigenvalue weighted by atomic mass is 32.1. The maximum absolute atomic E-state index is 2.43. The molecule has 0 amide bonds. The molecule has 0 spiro atoms. The lowest BCUT2D eigenvalue weighted by atomic mass is 9.98. The van der Waals surface area contributed by atoms with Crippen LogP contribution in [0.25, 0.3) is 75.1 Å². The molecule has 1 aromatic heterocycles. The molecule has 1 nitrogen and oxygen atoms in total. The predicted octanol–water partition coefficient (Wildman–Crippen LogP) is 14.8. The second kappa shape index (κ2) is 12.7. The number of fused-ring (bicyclic) bond motifs is 5. The van der Waals surface area contributed by atoms with E-state index in [0.717, 1.165) is 11.4 Å². The molecule has 0 aliphatic carbocycles. The SMILES string of the molecule is c1ccc(-c2ccc3c(c2)sc2cccc(N(c4ccc(-c5ccc(-c6ccc7ccccc7c6)cc5)cc4)c4ccc5ccccc5c4)c23)cc1. The number of anilines is 3. The van der Waals surface area contributed by atoms with Crippen LogP contribution in [0.2, 0.25) is 0 Å². The Balaban J connectivity index is 1.06. The Kier molecular flexibility index (Phi) is 7.41. The van der Waals surface area contributed by atoms with Gasteiger partial charge in [0.2, 0.25) is 0 Å². The molecule has 10 aromatic rings. The van der Waals surface area contributed by atoms with Gasteiger partial charge in [-0.15, -0.1) is 11.3 Å². The molecule has 0 saturated heterocycles. The highest BCUT2D eigenvalue weighted by Crippen LogP contribution is 2.46. The Morgan fingerprint density at radius 2 is 0.827 bits per heavy atom. The summed E-state index contributed by atoms with van der Waals surface area (Å²) in [5.74, 6) is 0. The molecular weight excluding hydrogens is 647 g/mol. The van der Waals surface area contributed by atoms with E-state index >= 15 is 0 Å². The van der Waals surface area contributed by atoms with Crippen molar-refractivity contribution in [1.29, 1.82) is 0 Å². The van der Waals surface area contributed by atoms with E-state index in [9.17, 15) is 0 Å². The van der Waals surface area contributed by atoms with Crippen LogP contribution in [0.15, 0.2) is 200 Å². The first kappa shape index (κ1) is 30.4. The topological polar surface area (TPSA) is 3.24 Å². The van der Waals surface area contributed by atoms with Gasteiger partial charge in [0.25, 0.3) is 0 Å². The van der Waals surface area contributed by atoms with Gasteiger partial charge in [0.05, 0.1) is 5.69 Å². The van der Waals surface area contributed by atoms with Crippen LogP contribution in [-0.4, -0.2) is 0 Å². The van der Waals surface area contributed by atoms with Crippen molar-refractivity contribution in [2.75, 3.05) is 4.90 Å². The molecule has 2 heteroatoms.